The van der Waals surface area contributed by atoms with Crippen LogP contribution in [0.2, 0.25) is 0 Å². The quantitative estimate of drug-likeness (QED) is 0.809. The average Bonchev–Trinajstić information content (AvgIpc) is 2.29. The lowest BCUT2D eigenvalue weighted by Crippen LogP contribution is -1.94. The van der Waals surface area contributed by atoms with Crippen LogP contribution in [0.1, 0.15) is 12.6 Å². The molecule has 0 atom stereocenters. The monoisotopic (exact) mass is 200 g/mol. The van der Waals surface area contributed by atoms with Gasteiger partial charge >= 0.3 is 0 Å². The first kappa shape index (κ1) is 9.65. The molecule has 0 aliphatic heterocycles. The number of hydrogen-bond donors (Lipinski definition) is 1. The normalized spacial score (nSPS) is 10.2. The highest BCUT2D eigenvalue weighted by Gasteiger charge is 2.04. The number of hydrogen-bond acceptors (Lipinski definition) is 3. The Morgan fingerprint density at radius 3 is 2.53 bits per heavy atom. The molecule has 1 heterocycles. The second-order valence-electron chi connectivity index (χ2n) is 3.26. The molecule has 0 fully saturated rings. The minimum absolute atomic E-state index is 0.0284. The Balaban J connectivity index is 2.49. The summed E-state index contributed by atoms with van der Waals surface area (Å²) in [5.74, 6) is 0.605. The van der Waals surface area contributed by atoms with Crippen LogP contribution in [0.25, 0.3) is 11.4 Å². The zero-order valence-electron chi connectivity index (χ0n) is 8.51. The topological polar surface area (TPSA) is 46.0 Å². The number of aromatic nitrogens is 2. The molecule has 76 valence electrons. The molecule has 0 saturated heterocycles. The number of nitrogens with zero attached hydrogens (tertiary/aromatic N) is 2. The van der Waals surface area contributed by atoms with Crippen LogP contribution in [-0.2, 0) is 6.42 Å². The minimum atomic E-state index is 0.0284. The minimum Gasteiger partial charge on any atom is -0.493 e. The summed E-state index contributed by atoms with van der Waals surface area (Å²) in [5, 5.41) is 9.44. The van der Waals surface area contributed by atoms with Crippen molar-refractivity contribution in [1.82, 2.24) is 9.97 Å². The molecule has 0 spiro atoms. The van der Waals surface area contributed by atoms with Gasteiger partial charge in [0.25, 0.3) is 0 Å². The molecule has 0 aliphatic rings. The third kappa shape index (κ3) is 2.13. The van der Waals surface area contributed by atoms with Crippen LogP contribution in [0.15, 0.2) is 36.4 Å². The highest BCUT2D eigenvalue weighted by Crippen LogP contribution is 2.17. The number of benzene rings is 1. The molecule has 15 heavy (non-hydrogen) atoms. The molecular formula is C12H12N2O. The standard InChI is InChI=1S/C12H12N2O/c1-2-10-8-11(15)14-12(13-10)9-6-4-3-5-7-9/h3-8H,2H2,1H3,(H,13,14,15). The van der Waals surface area contributed by atoms with Gasteiger partial charge in [-0.1, -0.05) is 37.3 Å². The van der Waals surface area contributed by atoms with Gasteiger partial charge in [-0.3, -0.25) is 0 Å². The maximum absolute atomic E-state index is 9.44. The summed E-state index contributed by atoms with van der Waals surface area (Å²) in [6, 6.07) is 11.2. The van der Waals surface area contributed by atoms with Crippen molar-refractivity contribution in [3.8, 4) is 17.3 Å². The van der Waals surface area contributed by atoms with E-state index in [1.165, 1.54) is 0 Å². The molecule has 1 aromatic carbocycles. The molecule has 0 unspecified atom stereocenters. The van der Waals surface area contributed by atoms with E-state index in [0.29, 0.717) is 5.82 Å². The Hall–Kier alpha value is -1.90. The molecule has 0 radical (unpaired) electrons. The first-order valence-electron chi connectivity index (χ1n) is 4.92. The van der Waals surface area contributed by atoms with Crippen molar-refractivity contribution >= 4 is 0 Å². The van der Waals surface area contributed by atoms with Gasteiger partial charge in [-0.15, -0.1) is 0 Å². The maximum Gasteiger partial charge on any atom is 0.214 e. The summed E-state index contributed by atoms with van der Waals surface area (Å²) in [6.45, 7) is 2.00. The fourth-order valence-corrected chi connectivity index (χ4v) is 1.38. The third-order valence-electron chi connectivity index (χ3n) is 2.16. The molecule has 1 aromatic heterocycles. The molecule has 3 heteroatoms. The number of aromatic hydroxyl groups is 1. The Bertz CT molecular complexity index is 454. The van der Waals surface area contributed by atoms with Gasteiger partial charge in [0.2, 0.25) is 5.88 Å². The van der Waals surface area contributed by atoms with E-state index in [2.05, 4.69) is 9.97 Å². The van der Waals surface area contributed by atoms with Crippen molar-refractivity contribution in [1.29, 1.82) is 0 Å². The summed E-state index contributed by atoms with van der Waals surface area (Å²) in [6.07, 6.45) is 0.788. The molecule has 3 nitrogen and oxygen atoms in total. The summed E-state index contributed by atoms with van der Waals surface area (Å²) >= 11 is 0. The molecule has 0 bridgehead atoms. The highest BCUT2D eigenvalue weighted by molar-refractivity contribution is 5.55. The van der Waals surface area contributed by atoms with Crippen molar-refractivity contribution in [2.24, 2.45) is 0 Å². The average molecular weight is 200 g/mol. The number of rotatable bonds is 2. The van der Waals surface area contributed by atoms with E-state index in [9.17, 15) is 5.11 Å². The van der Waals surface area contributed by atoms with E-state index in [1.54, 1.807) is 6.07 Å². The van der Waals surface area contributed by atoms with Gasteiger partial charge in [-0.05, 0) is 6.42 Å². The lowest BCUT2D eigenvalue weighted by molar-refractivity contribution is 0.451. The zero-order chi connectivity index (χ0) is 10.7. The van der Waals surface area contributed by atoms with Gasteiger partial charge < -0.3 is 5.11 Å². The second-order valence-corrected chi connectivity index (χ2v) is 3.26. The van der Waals surface area contributed by atoms with Gasteiger partial charge in [-0.2, -0.15) is 4.98 Å². The maximum atomic E-state index is 9.44. The van der Waals surface area contributed by atoms with Crippen LogP contribution in [0, 0.1) is 0 Å². The van der Waals surface area contributed by atoms with E-state index in [1.807, 2.05) is 37.3 Å². The predicted octanol–water partition coefficient (Wildman–Crippen LogP) is 2.41. The fraction of sp³-hybridized carbons (Fsp3) is 0.167. The Morgan fingerprint density at radius 2 is 1.87 bits per heavy atom. The van der Waals surface area contributed by atoms with Gasteiger partial charge in [-0.25, -0.2) is 4.98 Å². The predicted molar refractivity (Wildman–Crippen MR) is 58.5 cm³/mol. The van der Waals surface area contributed by atoms with Crippen LogP contribution in [-0.4, -0.2) is 15.1 Å². The summed E-state index contributed by atoms with van der Waals surface area (Å²) < 4.78 is 0. The van der Waals surface area contributed by atoms with E-state index < -0.39 is 0 Å². The van der Waals surface area contributed by atoms with Crippen LogP contribution in [0.3, 0.4) is 0 Å². The largest absolute Gasteiger partial charge is 0.493 e. The van der Waals surface area contributed by atoms with E-state index in [4.69, 9.17) is 0 Å². The van der Waals surface area contributed by atoms with Gasteiger partial charge in [0.05, 0.1) is 0 Å². The fourth-order valence-electron chi connectivity index (χ4n) is 1.38. The first-order chi connectivity index (χ1) is 7.29. The summed E-state index contributed by atoms with van der Waals surface area (Å²) in [7, 11) is 0. The first-order valence-corrected chi connectivity index (χ1v) is 4.92. The summed E-state index contributed by atoms with van der Waals surface area (Å²) in [4.78, 5) is 8.35. The lowest BCUT2D eigenvalue weighted by Gasteiger charge is -2.03. The van der Waals surface area contributed by atoms with E-state index in [-0.39, 0.29) is 5.88 Å². The van der Waals surface area contributed by atoms with Crippen molar-refractivity contribution < 1.29 is 5.11 Å². The van der Waals surface area contributed by atoms with E-state index >= 15 is 0 Å². The van der Waals surface area contributed by atoms with Gasteiger partial charge in [0.15, 0.2) is 5.82 Å². The Labute approximate surface area is 88.5 Å². The number of aryl methyl sites for hydroxylation is 1. The zero-order valence-corrected chi connectivity index (χ0v) is 8.51. The van der Waals surface area contributed by atoms with Crippen molar-refractivity contribution in [3.63, 3.8) is 0 Å². The van der Waals surface area contributed by atoms with Gasteiger partial charge in [0, 0.05) is 17.3 Å². The van der Waals surface area contributed by atoms with Crippen molar-refractivity contribution in [3.05, 3.63) is 42.1 Å². The van der Waals surface area contributed by atoms with Crippen LogP contribution >= 0.6 is 0 Å². The SMILES string of the molecule is CCc1cc(O)nc(-c2ccccc2)n1. The third-order valence-corrected chi connectivity index (χ3v) is 2.16. The van der Waals surface area contributed by atoms with Crippen LogP contribution < -0.4 is 0 Å². The Kier molecular flexibility index (Phi) is 2.63. The molecule has 0 aliphatic carbocycles. The van der Waals surface area contributed by atoms with Crippen molar-refractivity contribution in [2.45, 2.75) is 13.3 Å². The summed E-state index contributed by atoms with van der Waals surface area (Å²) in [5.41, 5.74) is 1.77. The molecule has 2 rings (SSSR count). The smallest absolute Gasteiger partial charge is 0.214 e. The van der Waals surface area contributed by atoms with Crippen LogP contribution in [0.4, 0.5) is 0 Å². The van der Waals surface area contributed by atoms with Crippen LogP contribution in [0.5, 0.6) is 5.88 Å². The molecule has 2 aromatic rings. The second kappa shape index (κ2) is 4.09. The molecular weight excluding hydrogens is 188 g/mol. The van der Waals surface area contributed by atoms with E-state index in [0.717, 1.165) is 17.7 Å². The molecule has 0 saturated carbocycles. The van der Waals surface area contributed by atoms with Gasteiger partial charge in [0.1, 0.15) is 0 Å². The lowest BCUT2D eigenvalue weighted by atomic mass is 10.2. The highest BCUT2D eigenvalue weighted by atomic mass is 16.3. The molecule has 0 amide bonds. The molecule has 1 N–H and O–H groups in total. The van der Waals surface area contributed by atoms with Crippen molar-refractivity contribution in [2.75, 3.05) is 0 Å². The Morgan fingerprint density at radius 1 is 1.13 bits per heavy atom.